The van der Waals surface area contributed by atoms with Crippen LogP contribution in [-0.2, 0) is 14.8 Å². The first-order chi connectivity index (χ1) is 15.9. The average molecular weight is 465 g/mol. The van der Waals surface area contributed by atoms with Crippen LogP contribution in [0.15, 0.2) is 71.6 Å². The molecule has 1 amide bonds. The van der Waals surface area contributed by atoms with Gasteiger partial charge in [-0.3, -0.25) is 9.52 Å². The fraction of sp³-hybridized carbons (Fsp3) is 0.308. The van der Waals surface area contributed by atoms with Gasteiger partial charge in [-0.2, -0.15) is 0 Å². The molecule has 0 aromatic heterocycles. The summed E-state index contributed by atoms with van der Waals surface area (Å²) >= 11 is 0. The molecule has 7 heteroatoms. The molecule has 1 fully saturated rings. The highest BCUT2D eigenvalue weighted by Crippen LogP contribution is 2.27. The Morgan fingerprint density at radius 3 is 2.45 bits per heavy atom. The molecule has 1 atom stereocenters. The number of benzene rings is 3. The molecular weight excluding hydrogens is 436 g/mol. The van der Waals surface area contributed by atoms with E-state index in [1.165, 1.54) is 25.3 Å². The van der Waals surface area contributed by atoms with Crippen molar-refractivity contribution in [3.05, 3.63) is 72.3 Å². The van der Waals surface area contributed by atoms with Gasteiger partial charge in [0, 0.05) is 11.3 Å². The largest absolute Gasteiger partial charge is 0.343 e. The summed E-state index contributed by atoms with van der Waals surface area (Å²) in [5.41, 5.74) is 0.579. The maximum atomic E-state index is 12.9. The number of nitrogens with one attached hydrogen (secondary N) is 2. The van der Waals surface area contributed by atoms with E-state index in [0.717, 1.165) is 29.9 Å². The number of anilines is 1. The van der Waals surface area contributed by atoms with E-state index in [-0.39, 0.29) is 10.6 Å². The van der Waals surface area contributed by atoms with Gasteiger partial charge in [-0.15, -0.1) is 0 Å². The van der Waals surface area contributed by atoms with Gasteiger partial charge >= 0.3 is 0 Å². The van der Waals surface area contributed by atoms with Crippen LogP contribution in [0.3, 0.4) is 0 Å². The van der Waals surface area contributed by atoms with Crippen molar-refractivity contribution < 1.29 is 18.0 Å². The highest BCUT2D eigenvalue weighted by molar-refractivity contribution is 7.92. The minimum absolute atomic E-state index is 0.143. The van der Waals surface area contributed by atoms with Crippen molar-refractivity contribution >= 4 is 38.7 Å². The molecule has 0 saturated heterocycles. The predicted octanol–water partition coefficient (Wildman–Crippen LogP) is 4.91. The van der Waals surface area contributed by atoms with E-state index in [0.29, 0.717) is 17.9 Å². The second-order valence-corrected chi connectivity index (χ2v) is 10.3. The Morgan fingerprint density at radius 2 is 1.70 bits per heavy atom. The van der Waals surface area contributed by atoms with Crippen LogP contribution in [-0.4, -0.2) is 26.7 Å². The summed E-state index contributed by atoms with van der Waals surface area (Å²) in [6, 6.07) is 18.2. The van der Waals surface area contributed by atoms with E-state index in [1.807, 2.05) is 24.3 Å². The van der Waals surface area contributed by atoms with Gasteiger partial charge in [0.1, 0.15) is 6.29 Å². The van der Waals surface area contributed by atoms with Crippen molar-refractivity contribution in [1.82, 2.24) is 5.32 Å². The zero-order valence-corrected chi connectivity index (χ0v) is 19.2. The van der Waals surface area contributed by atoms with Crippen LogP contribution in [0.1, 0.15) is 48.9 Å². The normalized spacial score (nSPS) is 15.6. The maximum absolute atomic E-state index is 12.9. The van der Waals surface area contributed by atoms with Crippen molar-refractivity contribution in [3.8, 4) is 0 Å². The van der Waals surface area contributed by atoms with Gasteiger partial charge in [-0.05, 0) is 53.4 Å². The Bertz CT molecular complexity index is 1250. The summed E-state index contributed by atoms with van der Waals surface area (Å²) in [6.45, 7) is 0. The number of fused-ring (bicyclic) bond motifs is 1. The van der Waals surface area contributed by atoms with E-state index in [2.05, 4.69) is 10.0 Å². The Morgan fingerprint density at radius 1 is 0.939 bits per heavy atom. The van der Waals surface area contributed by atoms with Gasteiger partial charge in [0.25, 0.3) is 15.9 Å². The Hall–Kier alpha value is -3.19. The molecule has 3 aromatic rings. The number of aldehydes is 1. The second-order valence-electron chi connectivity index (χ2n) is 8.65. The van der Waals surface area contributed by atoms with Crippen LogP contribution in [0.4, 0.5) is 5.69 Å². The van der Waals surface area contributed by atoms with Gasteiger partial charge < -0.3 is 10.1 Å². The lowest BCUT2D eigenvalue weighted by Crippen LogP contribution is -2.37. The minimum atomic E-state index is -3.83. The lowest BCUT2D eigenvalue weighted by atomic mass is 9.85. The molecule has 33 heavy (non-hydrogen) atoms. The molecule has 1 saturated carbocycles. The summed E-state index contributed by atoms with van der Waals surface area (Å²) in [6.07, 6.45) is 7.19. The Balaban J connectivity index is 1.46. The lowest BCUT2D eigenvalue weighted by molar-refractivity contribution is -0.109. The molecule has 0 radical (unpaired) electrons. The topological polar surface area (TPSA) is 92.3 Å². The monoisotopic (exact) mass is 464 g/mol. The molecule has 1 aliphatic carbocycles. The molecule has 6 nitrogen and oxygen atoms in total. The molecule has 0 bridgehead atoms. The van der Waals surface area contributed by atoms with Crippen molar-refractivity contribution in [3.63, 3.8) is 0 Å². The van der Waals surface area contributed by atoms with Gasteiger partial charge in [-0.1, -0.05) is 68.5 Å². The summed E-state index contributed by atoms with van der Waals surface area (Å²) in [5.74, 6) is 0.0593. The number of hydrogen-bond acceptors (Lipinski definition) is 4. The van der Waals surface area contributed by atoms with E-state index in [4.69, 9.17) is 0 Å². The predicted molar refractivity (Wildman–Crippen MR) is 130 cm³/mol. The van der Waals surface area contributed by atoms with Crippen LogP contribution in [0.5, 0.6) is 0 Å². The molecule has 0 unspecified atom stereocenters. The van der Waals surface area contributed by atoms with Crippen molar-refractivity contribution in [2.75, 3.05) is 4.72 Å². The fourth-order valence-corrected chi connectivity index (χ4v) is 5.54. The Labute approximate surface area is 194 Å². The summed E-state index contributed by atoms with van der Waals surface area (Å²) in [7, 11) is -3.83. The van der Waals surface area contributed by atoms with Crippen LogP contribution < -0.4 is 10.0 Å². The van der Waals surface area contributed by atoms with Crippen molar-refractivity contribution in [1.29, 1.82) is 0 Å². The summed E-state index contributed by atoms with van der Waals surface area (Å²) in [4.78, 5) is 24.4. The minimum Gasteiger partial charge on any atom is -0.343 e. The second kappa shape index (κ2) is 10.2. The first-order valence-electron chi connectivity index (χ1n) is 11.3. The van der Waals surface area contributed by atoms with E-state index in [9.17, 15) is 18.0 Å². The number of sulfonamides is 1. The molecule has 4 rings (SSSR count). The van der Waals surface area contributed by atoms with Gasteiger partial charge in [-0.25, -0.2) is 8.42 Å². The highest BCUT2D eigenvalue weighted by Gasteiger charge is 2.21. The molecule has 2 N–H and O–H groups in total. The standard InChI is InChI=1S/C26H28N2O4S/c29-18-24(15-19-7-2-1-3-8-19)27-26(30)22-11-6-12-23(16-22)28-33(31,32)25-14-13-20-9-4-5-10-21(20)17-25/h4-6,9-14,16-19,24,28H,1-3,7-8,15H2,(H,27,30)/t24-/m0/s1. The molecule has 1 aliphatic rings. The first kappa shape index (κ1) is 23.0. The van der Waals surface area contributed by atoms with Crippen LogP contribution in [0, 0.1) is 5.92 Å². The summed E-state index contributed by atoms with van der Waals surface area (Å²) < 4.78 is 28.4. The molecule has 172 valence electrons. The molecule has 0 aliphatic heterocycles. The lowest BCUT2D eigenvalue weighted by Gasteiger charge is -2.24. The SMILES string of the molecule is O=C[C@H](CC1CCCCC1)NC(=O)c1cccc(NS(=O)(=O)c2ccc3ccccc3c2)c1. The number of carbonyl (C=O) groups excluding carboxylic acids is 2. The fourth-order valence-electron chi connectivity index (χ4n) is 4.45. The maximum Gasteiger partial charge on any atom is 0.261 e. The quantitative estimate of drug-likeness (QED) is 0.464. The van der Waals surface area contributed by atoms with Crippen LogP contribution in [0.2, 0.25) is 0 Å². The number of amides is 1. The zero-order chi connectivity index (χ0) is 23.3. The third kappa shape index (κ3) is 5.79. The molecule has 3 aromatic carbocycles. The number of hydrogen-bond donors (Lipinski definition) is 2. The number of carbonyl (C=O) groups is 2. The van der Waals surface area contributed by atoms with E-state index < -0.39 is 22.0 Å². The van der Waals surface area contributed by atoms with Gasteiger partial charge in [0.2, 0.25) is 0 Å². The van der Waals surface area contributed by atoms with Gasteiger partial charge in [0.15, 0.2) is 0 Å². The molecule has 0 spiro atoms. The first-order valence-corrected chi connectivity index (χ1v) is 12.8. The van der Waals surface area contributed by atoms with Crippen LogP contribution >= 0.6 is 0 Å². The van der Waals surface area contributed by atoms with Gasteiger partial charge in [0.05, 0.1) is 10.9 Å². The Kier molecular flexibility index (Phi) is 7.08. The van der Waals surface area contributed by atoms with E-state index in [1.54, 1.807) is 36.4 Å². The molecule has 0 heterocycles. The number of rotatable bonds is 8. The van der Waals surface area contributed by atoms with Crippen molar-refractivity contribution in [2.24, 2.45) is 5.92 Å². The zero-order valence-electron chi connectivity index (χ0n) is 18.4. The molecular formula is C26H28N2O4S. The van der Waals surface area contributed by atoms with E-state index >= 15 is 0 Å². The smallest absolute Gasteiger partial charge is 0.261 e. The average Bonchev–Trinajstić information content (AvgIpc) is 2.83. The third-order valence-corrected chi connectivity index (χ3v) is 7.58. The highest BCUT2D eigenvalue weighted by atomic mass is 32.2. The summed E-state index contributed by atoms with van der Waals surface area (Å²) in [5, 5.41) is 4.57. The van der Waals surface area contributed by atoms with Crippen LogP contribution in [0.25, 0.3) is 10.8 Å². The van der Waals surface area contributed by atoms with Crippen molar-refractivity contribution in [2.45, 2.75) is 49.5 Å². The third-order valence-electron chi connectivity index (χ3n) is 6.20.